The third-order valence-electron chi connectivity index (χ3n) is 2.87. The normalized spacial score (nSPS) is 11.4. The van der Waals surface area contributed by atoms with Crippen LogP contribution in [0.5, 0.6) is 5.75 Å². The number of carboxylic acid groups (broad SMARTS) is 1. The molecule has 0 heterocycles. The fourth-order valence-electron chi connectivity index (χ4n) is 1.54. The lowest BCUT2D eigenvalue weighted by atomic mass is 9.95. The van der Waals surface area contributed by atoms with Crippen molar-refractivity contribution in [2.45, 2.75) is 33.7 Å². The SMILES string of the molecule is CCCNCc1cc(F)cc(OCC(C)(C)C(=O)O)c1. The Hall–Kier alpha value is -1.62. The van der Waals surface area contributed by atoms with Gasteiger partial charge in [-0.15, -0.1) is 0 Å². The van der Waals surface area contributed by atoms with Gasteiger partial charge in [-0.25, -0.2) is 4.39 Å². The largest absolute Gasteiger partial charge is 0.492 e. The monoisotopic (exact) mass is 283 g/mol. The standard InChI is InChI=1S/C15H22FNO3/c1-4-5-17-9-11-6-12(16)8-13(7-11)20-10-15(2,3)14(18)19/h6-8,17H,4-5,9-10H2,1-3H3,(H,18,19). The molecule has 0 unspecified atom stereocenters. The molecule has 112 valence electrons. The Labute approximate surface area is 119 Å². The van der Waals surface area contributed by atoms with Gasteiger partial charge in [-0.3, -0.25) is 4.79 Å². The highest BCUT2D eigenvalue weighted by atomic mass is 19.1. The summed E-state index contributed by atoms with van der Waals surface area (Å²) in [6.07, 6.45) is 1.01. The summed E-state index contributed by atoms with van der Waals surface area (Å²) >= 11 is 0. The van der Waals surface area contributed by atoms with Gasteiger partial charge in [0.25, 0.3) is 0 Å². The minimum Gasteiger partial charge on any atom is -0.492 e. The molecule has 0 fully saturated rings. The van der Waals surface area contributed by atoms with Crippen LogP contribution in [0.1, 0.15) is 32.8 Å². The highest BCUT2D eigenvalue weighted by Crippen LogP contribution is 2.21. The van der Waals surface area contributed by atoms with E-state index in [1.165, 1.54) is 12.1 Å². The molecule has 5 heteroatoms. The van der Waals surface area contributed by atoms with Gasteiger partial charge < -0.3 is 15.2 Å². The second kappa shape index (κ2) is 7.24. The molecule has 0 saturated heterocycles. The van der Waals surface area contributed by atoms with Crippen molar-refractivity contribution >= 4 is 5.97 Å². The van der Waals surface area contributed by atoms with Crippen LogP contribution in [0.3, 0.4) is 0 Å². The van der Waals surface area contributed by atoms with Crippen LogP contribution in [-0.4, -0.2) is 24.2 Å². The van der Waals surface area contributed by atoms with E-state index in [0.717, 1.165) is 18.5 Å². The highest BCUT2D eigenvalue weighted by molar-refractivity contribution is 5.73. The van der Waals surface area contributed by atoms with E-state index in [1.54, 1.807) is 19.9 Å². The lowest BCUT2D eigenvalue weighted by Gasteiger charge is -2.19. The van der Waals surface area contributed by atoms with Crippen molar-refractivity contribution in [1.82, 2.24) is 5.32 Å². The number of aliphatic carboxylic acids is 1. The first-order valence-corrected chi connectivity index (χ1v) is 6.71. The summed E-state index contributed by atoms with van der Waals surface area (Å²) in [5.74, 6) is -0.977. The first-order valence-electron chi connectivity index (χ1n) is 6.71. The molecule has 1 rings (SSSR count). The number of nitrogens with one attached hydrogen (secondary N) is 1. The fourth-order valence-corrected chi connectivity index (χ4v) is 1.54. The molecule has 0 radical (unpaired) electrons. The van der Waals surface area contributed by atoms with Gasteiger partial charge in [0.1, 0.15) is 18.2 Å². The molecule has 20 heavy (non-hydrogen) atoms. The Morgan fingerprint density at radius 3 is 2.70 bits per heavy atom. The van der Waals surface area contributed by atoms with E-state index < -0.39 is 11.4 Å². The molecule has 4 nitrogen and oxygen atoms in total. The maximum atomic E-state index is 13.5. The zero-order valence-electron chi connectivity index (χ0n) is 12.2. The molecule has 0 amide bonds. The molecule has 1 aromatic rings. The van der Waals surface area contributed by atoms with Crippen molar-refractivity contribution in [3.05, 3.63) is 29.6 Å². The molecule has 0 aromatic heterocycles. The van der Waals surface area contributed by atoms with E-state index in [1.807, 2.05) is 0 Å². The Kier molecular flexibility index (Phi) is 5.95. The molecule has 1 aromatic carbocycles. The molecular weight excluding hydrogens is 261 g/mol. The first-order chi connectivity index (χ1) is 9.35. The van der Waals surface area contributed by atoms with Crippen LogP contribution in [0.2, 0.25) is 0 Å². The van der Waals surface area contributed by atoms with E-state index in [0.29, 0.717) is 12.3 Å². The number of hydrogen-bond donors (Lipinski definition) is 2. The van der Waals surface area contributed by atoms with Gasteiger partial charge >= 0.3 is 5.97 Å². The molecule has 0 spiro atoms. The summed E-state index contributed by atoms with van der Waals surface area (Å²) in [4.78, 5) is 11.0. The summed E-state index contributed by atoms with van der Waals surface area (Å²) in [6, 6.07) is 4.43. The Morgan fingerprint density at radius 1 is 1.40 bits per heavy atom. The molecule has 0 bridgehead atoms. The molecule has 2 N–H and O–H groups in total. The van der Waals surface area contributed by atoms with Gasteiger partial charge in [0.2, 0.25) is 0 Å². The quantitative estimate of drug-likeness (QED) is 0.720. The number of carboxylic acids is 1. The molecule has 0 saturated carbocycles. The molecule has 0 aliphatic heterocycles. The average molecular weight is 283 g/mol. The van der Waals surface area contributed by atoms with Crippen LogP contribution in [0.25, 0.3) is 0 Å². The van der Waals surface area contributed by atoms with Crippen molar-refractivity contribution in [3.63, 3.8) is 0 Å². The highest BCUT2D eigenvalue weighted by Gasteiger charge is 2.28. The van der Waals surface area contributed by atoms with Crippen LogP contribution in [0.4, 0.5) is 4.39 Å². The first kappa shape index (κ1) is 16.4. The van der Waals surface area contributed by atoms with Crippen molar-refractivity contribution in [3.8, 4) is 5.75 Å². The van der Waals surface area contributed by atoms with E-state index >= 15 is 0 Å². The number of rotatable bonds is 8. The number of hydrogen-bond acceptors (Lipinski definition) is 3. The van der Waals surface area contributed by atoms with Crippen molar-refractivity contribution < 1.29 is 19.0 Å². The Balaban J connectivity index is 2.68. The second-order valence-electron chi connectivity index (χ2n) is 5.45. The lowest BCUT2D eigenvalue weighted by molar-refractivity contribution is -0.148. The van der Waals surface area contributed by atoms with Crippen LogP contribution >= 0.6 is 0 Å². The van der Waals surface area contributed by atoms with Crippen molar-refractivity contribution in [1.29, 1.82) is 0 Å². The third kappa shape index (κ3) is 5.17. The van der Waals surface area contributed by atoms with Gasteiger partial charge in [-0.2, -0.15) is 0 Å². The van der Waals surface area contributed by atoms with Crippen LogP contribution < -0.4 is 10.1 Å². The van der Waals surface area contributed by atoms with Gasteiger partial charge in [0.05, 0.1) is 5.41 Å². The van der Waals surface area contributed by atoms with Gasteiger partial charge in [0.15, 0.2) is 0 Å². The summed E-state index contributed by atoms with van der Waals surface area (Å²) in [7, 11) is 0. The predicted molar refractivity (Wildman–Crippen MR) is 75.3 cm³/mol. The number of ether oxygens (including phenoxy) is 1. The zero-order valence-corrected chi connectivity index (χ0v) is 12.2. The van der Waals surface area contributed by atoms with E-state index in [4.69, 9.17) is 9.84 Å². The molecule has 0 aliphatic carbocycles. The second-order valence-corrected chi connectivity index (χ2v) is 5.45. The topological polar surface area (TPSA) is 58.6 Å². The van der Waals surface area contributed by atoms with Gasteiger partial charge in [-0.1, -0.05) is 6.92 Å². The minimum atomic E-state index is -1.01. The summed E-state index contributed by atoms with van der Waals surface area (Å²) in [5.41, 5.74) is -0.228. The lowest BCUT2D eigenvalue weighted by Crippen LogP contribution is -2.30. The number of halogens is 1. The third-order valence-corrected chi connectivity index (χ3v) is 2.87. The zero-order chi connectivity index (χ0) is 15.2. The molecular formula is C15H22FNO3. The van der Waals surface area contributed by atoms with Crippen LogP contribution in [0.15, 0.2) is 18.2 Å². The van der Waals surface area contributed by atoms with Crippen molar-refractivity contribution in [2.75, 3.05) is 13.2 Å². The fraction of sp³-hybridized carbons (Fsp3) is 0.533. The predicted octanol–water partition coefficient (Wildman–Crippen LogP) is 2.81. The van der Waals surface area contributed by atoms with Gasteiger partial charge in [-0.05, 0) is 44.5 Å². The average Bonchev–Trinajstić information content (AvgIpc) is 2.36. The van der Waals surface area contributed by atoms with E-state index in [9.17, 15) is 9.18 Å². The minimum absolute atomic E-state index is 0.00633. The Morgan fingerprint density at radius 2 is 2.10 bits per heavy atom. The van der Waals surface area contributed by atoms with E-state index in [2.05, 4.69) is 12.2 Å². The van der Waals surface area contributed by atoms with E-state index in [-0.39, 0.29) is 12.4 Å². The number of benzene rings is 1. The molecule has 0 atom stereocenters. The maximum Gasteiger partial charge on any atom is 0.312 e. The summed E-state index contributed by atoms with van der Waals surface area (Å²) < 4.78 is 18.9. The maximum absolute atomic E-state index is 13.5. The summed E-state index contributed by atoms with van der Waals surface area (Å²) in [5, 5.41) is 12.2. The van der Waals surface area contributed by atoms with Crippen LogP contribution in [-0.2, 0) is 11.3 Å². The smallest absolute Gasteiger partial charge is 0.312 e. The van der Waals surface area contributed by atoms with Crippen molar-refractivity contribution in [2.24, 2.45) is 5.41 Å². The van der Waals surface area contributed by atoms with Crippen LogP contribution in [0, 0.1) is 11.2 Å². The Bertz CT molecular complexity index is 460. The molecule has 0 aliphatic rings. The summed E-state index contributed by atoms with van der Waals surface area (Å²) in [6.45, 7) is 6.61. The number of carbonyl (C=O) groups is 1. The van der Waals surface area contributed by atoms with Gasteiger partial charge in [0, 0.05) is 12.6 Å².